The fourth-order valence-electron chi connectivity index (χ4n) is 2.03. The number of amides is 1. The lowest BCUT2D eigenvalue weighted by Crippen LogP contribution is -2.20. The summed E-state index contributed by atoms with van der Waals surface area (Å²) in [6.45, 7) is 4.42. The van der Waals surface area contributed by atoms with Gasteiger partial charge in [0.2, 0.25) is 0 Å². The van der Waals surface area contributed by atoms with Crippen molar-refractivity contribution in [1.82, 2.24) is 5.32 Å². The van der Waals surface area contributed by atoms with Crippen LogP contribution in [0.2, 0.25) is 0 Å². The first-order valence-electron chi connectivity index (χ1n) is 5.16. The number of nitrogens with zero attached hydrogens (tertiary/aromatic N) is 1. The lowest BCUT2D eigenvalue weighted by molar-refractivity contribution is 0.194. The average molecular weight is 222 g/mol. The molecule has 16 heavy (non-hydrogen) atoms. The maximum absolute atomic E-state index is 10.4. The van der Waals surface area contributed by atoms with Crippen molar-refractivity contribution in [3.63, 3.8) is 0 Å². The van der Waals surface area contributed by atoms with Crippen molar-refractivity contribution in [2.45, 2.75) is 20.4 Å². The molecule has 1 aromatic rings. The monoisotopic (exact) mass is 222 g/mol. The fourth-order valence-corrected chi connectivity index (χ4v) is 2.03. The lowest BCUT2D eigenvalue weighted by atomic mass is 10.0. The first-order valence-corrected chi connectivity index (χ1v) is 5.16. The maximum Gasteiger partial charge on any atom is 0.404 e. The summed E-state index contributed by atoms with van der Waals surface area (Å²) in [7, 11) is 4.01. The van der Waals surface area contributed by atoms with E-state index in [-0.39, 0.29) is 0 Å². The second-order valence-corrected chi connectivity index (χ2v) is 4.13. The van der Waals surface area contributed by atoms with Crippen LogP contribution in [-0.4, -0.2) is 25.3 Å². The molecule has 0 aliphatic carbocycles. The third-order valence-corrected chi connectivity index (χ3v) is 2.44. The molecular weight excluding hydrogens is 204 g/mol. The Labute approximate surface area is 95.9 Å². The molecule has 0 atom stereocenters. The minimum Gasteiger partial charge on any atom is -0.465 e. The van der Waals surface area contributed by atoms with Crippen LogP contribution in [0.4, 0.5) is 10.5 Å². The second-order valence-electron chi connectivity index (χ2n) is 4.13. The molecule has 1 amide bonds. The van der Waals surface area contributed by atoms with Crippen molar-refractivity contribution in [2.24, 2.45) is 0 Å². The highest BCUT2D eigenvalue weighted by molar-refractivity contribution is 5.65. The van der Waals surface area contributed by atoms with E-state index in [1.807, 2.05) is 40.1 Å². The molecule has 0 spiro atoms. The molecule has 4 nitrogen and oxygen atoms in total. The molecule has 0 bridgehead atoms. The summed E-state index contributed by atoms with van der Waals surface area (Å²) in [5, 5.41) is 10.9. The van der Waals surface area contributed by atoms with E-state index >= 15 is 0 Å². The van der Waals surface area contributed by atoms with Crippen LogP contribution in [0.25, 0.3) is 0 Å². The van der Waals surface area contributed by atoms with Crippen LogP contribution in [0.15, 0.2) is 12.1 Å². The van der Waals surface area contributed by atoms with Crippen LogP contribution in [0.5, 0.6) is 0 Å². The quantitative estimate of drug-likeness (QED) is 0.823. The Hall–Kier alpha value is -1.71. The molecule has 0 aromatic heterocycles. The van der Waals surface area contributed by atoms with Gasteiger partial charge in [0.15, 0.2) is 0 Å². The first kappa shape index (κ1) is 12.4. The smallest absolute Gasteiger partial charge is 0.404 e. The Balaban J connectivity index is 2.96. The molecule has 1 aromatic carbocycles. The highest BCUT2D eigenvalue weighted by Gasteiger charge is 2.07. The van der Waals surface area contributed by atoms with E-state index in [1.54, 1.807) is 0 Å². The van der Waals surface area contributed by atoms with E-state index in [0.29, 0.717) is 6.54 Å². The number of anilines is 1. The Morgan fingerprint density at radius 3 is 2.19 bits per heavy atom. The number of nitrogens with one attached hydrogen (secondary N) is 1. The van der Waals surface area contributed by atoms with Crippen LogP contribution in [0, 0.1) is 13.8 Å². The van der Waals surface area contributed by atoms with Gasteiger partial charge in [-0.05, 0) is 30.5 Å². The normalized spacial score (nSPS) is 10.0. The van der Waals surface area contributed by atoms with Gasteiger partial charge in [-0.15, -0.1) is 0 Å². The summed E-state index contributed by atoms with van der Waals surface area (Å²) in [5.41, 5.74) is 4.50. The van der Waals surface area contributed by atoms with Crippen molar-refractivity contribution < 1.29 is 9.90 Å². The molecule has 0 radical (unpaired) electrons. The zero-order valence-corrected chi connectivity index (χ0v) is 10.2. The van der Waals surface area contributed by atoms with E-state index in [2.05, 4.69) is 10.2 Å². The molecule has 0 heterocycles. The van der Waals surface area contributed by atoms with Gasteiger partial charge in [0.1, 0.15) is 0 Å². The van der Waals surface area contributed by atoms with Crippen LogP contribution in [-0.2, 0) is 6.54 Å². The number of rotatable bonds is 3. The van der Waals surface area contributed by atoms with Gasteiger partial charge < -0.3 is 15.3 Å². The summed E-state index contributed by atoms with van der Waals surface area (Å²) in [6.07, 6.45) is -0.994. The minimum absolute atomic E-state index is 0.352. The van der Waals surface area contributed by atoms with Gasteiger partial charge in [0.05, 0.1) is 0 Å². The summed E-state index contributed by atoms with van der Waals surface area (Å²) in [5.74, 6) is 0. The molecule has 0 saturated heterocycles. The highest BCUT2D eigenvalue weighted by Crippen LogP contribution is 2.24. The van der Waals surface area contributed by atoms with Gasteiger partial charge in [0, 0.05) is 26.3 Å². The molecular formula is C12H18N2O2. The van der Waals surface area contributed by atoms with Crippen LogP contribution < -0.4 is 10.2 Å². The largest absolute Gasteiger partial charge is 0.465 e. The van der Waals surface area contributed by atoms with E-state index in [9.17, 15) is 4.79 Å². The van der Waals surface area contributed by atoms with Crippen molar-refractivity contribution in [3.05, 3.63) is 28.8 Å². The van der Waals surface area contributed by atoms with Crippen molar-refractivity contribution in [2.75, 3.05) is 19.0 Å². The molecule has 88 valence electrons. The Morgan fingerprint density at radius 2 is 1.81 bits per heavy atom. The molecule has 0 unspecified atom stereocenters. The first-order chi connectivity index (χ1) is 7.41. The van der Waals surface area contributed by atoms with E-state index < -0.39 is 6.09 Å². The zero-order chi connectivity index (χ0) is 12.3. The van der Waals surface area contributed by atoms with Gasteiger partial charge in [0.25, 0.3) is 0 Å². The molecule has 0 saturated carbocycles. The third-order valence-electron chi connectivity index (χ3n) is 2.44. The van der Waals surface area contributed by atoms with Gasteiger partial charge in [-0.3, -0.25) is 0 Å². The van der Waals surface area contributed by atoms with E-state index in [0.717, 1.165) is 16.7 Å². The molecule has 1 rings (SSSR count). The fraction of sp³-hybridized carbons (Fsp3) is 0.417. The number of carbonyl (C=O) groups is 1. The summed E-state index contributed by atoms with van der Waals surface area (Å²) < 4.78 is 0. The topological polar surface area (TPSA) is 52.6 Å². The number of aryl methyl sites for hydroxylation is 2. The van der Waals surface area contributed by atoms with Gasteiger partial charge in [-0.1, -0.05) is 12.1 Å². The van der Waals surface area contributed by atoms with E-state index in [4.69, 9.17) is 5.11 Å². The van der Waals surface area contributed by atoms with Crippen LogP contribution in [0.1, 0.15) is 16.7 Å². The zero-order valence-electron chi connectivity index (χ0n) is 10.2. The van der Waals surface area contributed by atoms with Crippen molar-refractivity contribution in [1.29, 1.82) is 0 Å². The summed E-state index contributed by atoms with van der Waals surface area (Å²) in [6, 6.07) is 4.02. The standard InChI is InChI=1S/C12H18N2O2/c1-8-5-10(7-13-12(15)16)6-9(2)11(8)14(3)4/h5-6,13H,7H2,1-4H3,(H,15,16). The SMILES string of the molecule is Cc1cc(CNC(=O)O)cc(C)c1N(C)C. The predicted octanol–water partition coefficient (Wildman–Crippen LogP) is 2.14. The Bertz CT molecular complexity index is 377. The molecule has 2 N–H and O–H groups in total. The van der Waals surface area contributed by atoms with Gasteiger partial charge in [-0.25, -0.2) is 4.79 Å². The van der Waals surface area contributed by atoms with Crippen LogP contribution >= 0.6 is 0 Å². The lowest BCUT2D eigenvalue weighted by Gasteiger charge is -2.19. The second kappa shape index (κ2) is 4.88. The average Bonchev–Trinajstić information content (AvgIpc) is 2.12. The van der Waals surface area contributed by atoms with Crippen molar-refractivity contribution in [3.8, 4) is 0 Å². The van der Waals surface area contributed by atoms with Gasteiger partial charge >= 0.3 is 6.09 Å². The van der Waals surface area contributed by atoms with Gasteiger partial charge in [-0.2, -0.15) is 0 Å². The van der Waals surface area contributed by atoms with Crippen LogP contribution in [0.3, 0.4) is 0 Å². The predicted molar refractivity (Wildman–Crippen MR) is 65.1 cm³/mol. The number of benzene rings is 1. The summed E-state index contributed by atoms with van der Waals surface area (Å²) >= 11 is 0. The highest BCUT2D eigenvalue weighted by atomic mass is 16.4. The Morgan fingerprint density at radius 1 is 1.31 bits per heavy atom. The van der Waals surface area contributed by atoms with E-state index in [1.165, 1.54) is 5.69 Å². The van der Waals surface area contributed by atoms with Crippen molar-refractivity contribution >= 4 is 11.8 Å². The Kier molecular flexibility index (Phi) is 3.77. The number of carboxylic acid groups (broad SMARTS) is 1. The molecule has 4 heteroatoms. The molecule has 0 fully saturated rings. The number of hydrogen-bond acceptors (Lipinski definition) is 2. The minimum atomic E-state index is -0.994. The third kappa shape index (κ3) is 2.89. The maximum atomic E-state index is 10.4. The molecule has 0 aliphatic rings. The molecule has 0 aliphatic heterocycles. The summed E-state index contributed by atoms with van der Waals surface area (Å²) in [4.78, 5) is 12.5. The number of hydrogen-bond donors (Lipinski definition) is 2.